The maximum atomic E-state index is 4.66. The molecule has 6 heteroatoms. The quantitative estimate of drug-likeness (QED) is 0.784. The third-order valence-corrected chi connectivity index (χ3v) is 3.67. The summed E-state index contributed by atoms with van der Waals surface area (Å²) >= 11 is 0. The molecule has 0 aliphatic carbocycles. The van der Waals surface area contributed by atoms with E-state index in [1.165, 1.54) is 0 Å². The largest absolute Gasteiger partial charge is 0.355 e. The standard InChI is InChI=1S/C16H20N6/c1-4-21(5-2)15-14-16(18-11-17-15)22(12(3)19-14)20-13-9-7-6-8-10-13/h6-11,20H,4-5H2,1-3H3. The number of benzene rings is 1. The fraction of sp³-hybridized carbons (Fsp3) is 0.312. The first-order chi connectivity index (χ1) is 10.7. The van der Waals surface area contributed by atoms with Crippen molar-refractivity contribution in [1.29, 1.82) is 0 Å². The molecule has 0 saturated carbocycles. The second kappa shape index (κ2) is 6.01. The van der Waals surface area contributed by atoms with Crippen LogP contribution in [-0.2, 0) is 0 Å². The molecule has 0 amide bonds. The van der Waals surface area contributed by atoms with E-state index in [1.807, 2.05) is 41.9 Å². The van der Waals surface area contributed by atoms with Crippen molar-refractivity contribution in [2.24, 2.45) is 0 Å². The minimum atomic E-state index is 0.790. The number of para-hydroxylation sites is 1. The zero-order chi connectivity index (χ0) is 15.5. The number of aryl methyl sites for hydroxylation is 1. The van der Waals surface area contributed by atoms with Crippen molar-refractivity contribution in [2.75, 3.05) is 23.4 Å². The maximum absolute atomic E-state index is 4.66. The molecular formula is C16H20N6. The normalized spacial score (nSPS) is 10.9. The van der Waals surface area contributed by atoms with E-state index in [0.29, 0.717) is 0 Å². The number of imidazole rings is 1. The molecule has 3 aromatic rings. The van der Waals surface area contributed by atoms with Gasteiger partial charge in [-0.3, -0.25) is 5.43 Å². The Hall–Kier alpha value is -2.63. The summed E-state index contributed by atoms with van der Waals surface area (Å²) in [5.41, 5.74) is 5.95. The molecule has 2 heterocycles. The molecule has 1 aromatic carbocycles. The molecule has 0 fully saturated rings. The summed E-state index contributed by atoms with van der Waals surface area (Å²) in [5.74, 6) is 1.74. The number of nitrogens with zero attached hydrogens (tertiary/aromatic N) is 5. The highest BCUT2D eigenvalue weighted by molar-refractivity contribution is 5.84. The molecule has 0 spiro atoms. The van der Waals surface area contributed by atoms with Crippen LogP contribution in [0.5, 0.6) is 0 Å². The highest BCUT2D eigenvalue weighted by Gasteiger charge is 2.16. The van der Waals surface area contributed by atoms with E-state index in [-0.39, 0.29) is 0 Å². The average Bonchev–Trinajstić information content (AvgIpc) is 2.87. The molecule has 22 heavy (non-hydrogen) atoms. The van der Waals surface area contributed by atoms with Crippen molar-refractivity contribution in [3.63, 3.8) is 0 Å². The summed E-state index contributed by atoms with van der Waals surface area (Å²) in [5, 5.41) is 0. The van der Waals surface area contributed by atoms with Crippen molar-refractivity contribution in [3.05, 3.63) is 42.5 Å². The summed E-state index contributed by atoms with van der Waals surface area (Å²) in [6.45, 7) is 7.97. The molecule has 0 saturated heterocycles. The number of aromatic nitrogens is 4. The Kier molecular flexibility index (Phi) is 3.91. The Labute approximate surface area is 129 Å². The second-order valence-corrected chi connectivity index (χ2v) is 5.01. The van der Waals surface area contributed by atoms with Crippen LogP contribution in [-0.4, -0.2) is 32.7 Å². The van der Waals surface area contributed by atoms with Gasteiger partial charge in [0.2, 0.25) is 0 Å². The Balaban J connectivity index is 2.09. The number of anilines is 2. The predicted octanol–water partition coefficient (Wildman–Crippen LogP) is 2.86. The fourth-order valence-corrected chi connectivity index (χ4v) is 2.52. The number of nitrogens with one attached hydrogen (secondary N) is 1. The lowest BCUT2D eigenvalue weighted by atomic mass is 10.3. The first-order valence-electron chi connectivity index (χ1n) is 7.51. The predicted molar refractivity (Wildman–Crippen MR) is 89.1 cm³/mol. The summed E-state index contributed by atoms with van der Waals surface area (Å²) in [6, 6.07) is 10.0. The van der Waals surface area contributed by atoms with Gasteiger partial charge in [-0.25, -0.2) is 19.6 Å². The Morgan fingerprint density at radius 1 is 1.09 bits per heavy atom. The average molecular weight is 296 g/mol. The third kappa shape index (κ3) is 2.47. The van der Waals surface area contributed by atoms with Crippen LogP contribution in [0.1, 0.15) is 19.7 Å². The molecule has 0 atom stereocenters. The first-order valence-corrected chi connectivity index (χ1v) is 7.51. The molecule has 2 aromatic heterocycles. The summed E-state index contributed by atoms with van der Waals surface area (Å²) in [7, 11) is 0. The van der Waals surface area contributed by atoms with Crippen LogP contribution in [0, 0.1) is 6.92 Å². The van der Waals surface area contributed by atoms with Gasteiger partial charge >= 0.3 is 0 Å². The number of hydrogen-bond acceptors (Lipinski definition) is 5. The number of rotatable bonds is 5. The minimum Gasteiger partial charge on any atom is -0.355 e. The van der Waals surface area contributed by atoms with Gasteiger partial charge in [0.1, 0.15) is 12.2 Å². The Morgan fingerprint density at radius 3 is 2.50 bits per heavy atom. The van der Waals surface area contributed by atoms with Gasteiger partial charge in [-0.15, -0.1) is 0 Å². The molecule has 6 nitrogen and oxygen atoms in total. The van der Waals surface area contributed by atoms with E-state index in [9.17, 15) is 0 Å². The van der Waals surface area contributed by atoms with Crippen molar-refractivity contribution in [3.8, 4) is 0 Å². The van der Waals surface area contributed by atoms with Crippen molar-refractivity contribution in [2.45, 2.75) is 20.8 Å². The van der Waals surface area contributed by atoms with Crippen LogP contribution in [0.2, 0.25) is 0 Å². The molecule has 1 N–H and O–H groups in total. The smallest absolute Gasteiger partial charge is 0.184 e. The van der Waals surface area contributed by atoms with Crippen LogP contribution in [0.15, 0.2) is 36.7 Å². The van der Waals surface area contributed by atoms with Crippen LogP contribution in [0.3, 0.4) is 0 Å². The van der Waals surface area contributed by atoms with Gasteiger partial charge in [0.25, 0.3) is 0 Å². The molecule has 0 aliphatic rings. The monoisotopic (exact) mass is 296 g/mol. The van der Waals surface area contributed by atoms with Gasteiger partial charge in [-0.05, 0) is 32.9 Å². The van der Waals surface area contributed by atoms with Gasteiger partial charge in [-0.2, -0.15) is 0 Å². The fourth-order valence-electron chi connectivity index (χ4n) is 2.52. The molecule has 0 aliphatic heterocycles. The highest BCUT2D eigenvalue weighted by Crippen LogP contribution is 2.23. The van der Waals surface area contributed by atoms with E-state index in [4.69, 9.17) is 0 Å². The Morgan fingerprint density at radius 2 is 1.82 bits per heavy atom. The topological polar surface area (TPSA) is 58.9 Å². The molecular weight excluding hydrogens is 276 g/mol. The van der Waals surface area contributed by atoms with E-state index in [0.717, 1.165) is 41.6 Å². The first kappa shape index (κ1) is 14.3. The molecule has 0 bridgehead atoms. The van der Waals surface area contributed by atoms with Crippen molar-refractivity contribution < 1.29 is 0 Å². The second-order valence-electron chi connectivity index (χ2n) is 5.01. The summed E-state index contributed by atoms with van der Waals surface area (Å²) in [6.07, 6.45) is 1.60. The lowest BCUT2D eigenvalue weighted by Gasteiger charge is -2.19. The maximum Gasteiger partial charge on any atom is 0.184 e. The number of hydrogen-bond donors (Lipinski definition) is 1. The van der Waals surface area contributed by atoms with Gasteiger partial charge in [-0.1, -0.05) is 18.2 Å². The van der Waals surface area contributed by atoms with Gasteiger partial charge in [0, 0.05) is 13.1 Å². The zero-order valence-electron chi connectivity index (χ0n) is 13.1. The molecule has 0 radical (unpaired) electrons. The number of fused-ring (bicyclic) bond motifs is 1. The van der Waals surface area contributed by atoms with Crippen LogP contribution in [0.25, 0.3) is 11.2 Å². The van der Waals surface area contributed by atoms with E-state index < -0.39 is 0 Å². The summed E-state index contributed by atoms with van der Waals surface area (Å²) < 4.78 is 1.90. The van der Waals surface area contributed by atoms with Crippen molar-refractivity contribution >= 4 is 22.7 Å². The molecule has 3 rings (SSSR count). The van der Waals surface area contributed by atoms with Crippen LogP contribution in [0.4, 0.5) is 11.5 Å². The van der Waals surface area contributed by atoms with Gasteiger partial charge in [0.15, 0.2) is 17.0 Å². The lowest BCUT2D eigenvalue weighted by molar-refractivity contribution is 0.846. The Bertz CT molecular complexity index is 761. The van der Waals surface area contributed by atoms with E-state index in [1.54, 1.807) is 6.33 Å². The summed E-state index contributed by atoms with van der Waals surface area (Å²) in [4.78, 5) is 15.7. The highest BCUT2D eigenvalue weighted by atomic mass is 15.5. The van der Waals surface area contributed by atoms with E-state index in [2.05, 4.69) is 39.1 Å². The lowest BCUT2D eigenvalue weighted by Crippen LogP contribution is -2.23. The van der Waals surface area contributed by atoms with Crippen molar-refractivity contribution in [1.82, 2.24) is 19.6 Å². The van der Waals surface area contributed by atoms with Gasteiger partial charge in [0.05, 0.1) is 5.69 Å². The van der Waals surface area contributed by atoms with Gasteiger partial charge < -0.3 is 4.90 Å². The van der Waals surface area contributed by atoms with Crippen LogP contribution < -0.4 is 10.3 Å². The van der Waals surface area contributed by atoms with E-state index >= 15 is 0 Å². The molecule has 114 valence electrons. The zero-order valence-corrected chi connectivity index (χ0v) is 13.1. The molecule has 0 unspecified atom stereocenters. The minimum absolute atomic E-state index is 0.790. The van der Waals surface area contributed by atoms with Crippen LogP contribution >= 0.6 is 0 Å². The third-order valence-electron chi connectivity index (χ3n) is 3.67. The SMILES string of the molecule is CCN(CC)c1ncnc2c1nc(C)n2Nc1ccccc1.